The number of thiazole rings is 1. The molecular formula is C16H17N3O7S2. The third kappa shape index (κ3) is 5.03. The number of non-ortho nitro benzene ring substituents is 1. The first-order chi connectivity index (χ1) is 13.2. The fraction of sp³-hybridized carbons (Fsp3) is 0.375. The van der Waals surface area contributed by atoms with Crippen LogP contribution in [-0.2, 0) is 25.6 Å². The number of nitrogens with zero attached hydrogens (tertiary/aromatic N) is 3. The van der Waals surface area contributed by atoms with Gasteiger partial charge in [-0.1, -0.05) is 0 Å². The van der Waals surface area contributed by atoms with Crippen molar-refractivity contribution in [2.45, 2.75) is 25.2 Å². The van der Waals surface area contributed by atoms with Crippen molar-refractivity contribution < 1.29 is 27.1 Å². The summed E-state index contributed by atoms with van der Waals surface area (Å²) >= 11 is 1.36. The van der Waals surface area contributed by atoms with Crippen molar-refractivity contribution in [2.24, 2.45) is 0 Å². The summed E-state index contributed by atoms with van der Waals surface area (Å²) < 4.78 is 33.2. The lowest BCUT2D eigenvalue weighted by Gasteiger charge is -2.22. The maximum atomic E-state index is 12.6. The van der Waals surface area contributed by atoms with Crippen LogP contribution in [0.3, 0.4) is 0 Å². The maximum absolute atomic E-state index is 12.6. The van der Waals surface area contributed by atoms with Crippen molar-refractivity contribution >= 4 is 33.2 Å². The highest BCUT2D eigenvalue weighted by Crippen LogP contribution is 2.34. The lowest BCUT2D eigenvalue weighted by molar-refractivity contribution is -0.384. The van der Waals surface area contributed by atoms with E-state index in [0.29, 0.717) is 11.3 Å². The molecule has 10 nitrogen and oxygen atoms in total. The van der Waals surface area contributed by atoms with E-state index in [1.54, 1.807) is 10.9 Å². The fourth-order valence-electron chi connectivity index (χ4n) is 2.92. The molecule has 0 saturated carbocycles. The highest BCUT2D eigenvalue weighted by Gasteiger charge is 2.40. The summed E-state index contributed by atoms with van der Waals surface area (Å²) in [5, 5.41) is 12.5. The zero-order valence-electron chi connectivity index (χ0n) is 14.8. The van der Waals surface area contributed by atoms with Crippen LogP contribution in [0, 0.1) is 10.1 Å². The molecule has 1 fully saturated rings. The number of likely N-dealkylation sites (tertiary alicyclic amines) is 1. The highest BCUT2D eigenvalue weighted by atomic mass is 32.2. The number of ether oxygens (including phenoxy) is 1. The summed E-state index contributed by atoms with van der Waals surface area (Å²) in [6.07, 6.45) is -0.0892. The summed E-state index contributed by atoms with van der Waals surface area (Å²) in [6, 6.07) is 5.20. The van der Waals surface area contributed by atoms with Gasteiger partial charge in [-0.05, 0) is 17.7 Å². The molecule has 0 aliphatic carbocycles. The molecule has 0 radical (unpaired) electrons. The van der Waals surface area contributed by atoms with E-state index in [9.17, 15) is 23.3 Å². The van der Waals surface area contributed by atoms with Crippen molar-refractivity contribution in [3.63, 3.8) is 0 Å². The number of rotatable bonds is 6. The van der Waals surface area contributed by atoms with Gasteiger partial charge in [0.05, 0.1) is 41.1 Å². The van der Waals surface area contributed by atoms with Gasteiger partial charge in [-0.25, -0.2) is 9.78 Å². The molecule has 12 heteroatoms. The van der Waals surface area contributed by atoms with Crippen LogP contribution in [0.15, 0.2) is 35.2 Å². The zero-order valence-corrected chi connectivity index (χ0v) is 16.4. The Labute approximate surface area is 165 Å². The minimum absolute atomic E-state index is 0.0500. The molecule has 1 aliphatic heterocycles. The molecule has 1 saturated heterocycles. The number of carbonyl (C=O) groups is 1. The molecule has 28 heavy (non-hydrogen) atoms. The van der Waals surface area contributed by atoms with E-state index in [0.717, 1.165) is 6.26 Å². The second-order valence-corrected chi connectivity index (χ2v) is 8.54. The van der Waals surface area contributed by atoms with Gasteiger partial charge in [-0.2, -0.15) is 8.42 Å². The molecule has 150 valence electrons. The average molecular weight is 427 g/mol. The third-order valence-electron chi connectivity index (χ3n) is 4.11. The SMILES string of the molecule is CS(=O)(=O)O[C@@H]1C[C@@H](c2cscn2)N(C(=O)OCc2ccc([N+](=O)[O-])cc2)C1. The number of benzene rings is 1. The summed E-state index contributed by atoms with van der Waals surface area (Å²) in [4.78, 5) is 28.3. The fourth-order valence-corrected chi connectivity index (χ4v) is 4.16. The topological polar surface area (TPSA) is 129 Å². The van der Waals surface area contributed by atoms with Crippen LogP contribution < -0.4 is 0 Å². The predicted octanol–water partition coefficient (Wildman–Crippen LogP) is 2.48. The molecule has 1 aromatic heterocycles. The number of hydrogen-bond donors (Lipinski definition) is 0. The van der Waals surface area contributed by atoms with E-state index in [1.807, 2.05) is 0 Å². The molecule has 0 bridgehead atoms. The van der Waals surface area contributed by atoms with Gasteiger partial charge in [0.2, 0.25) is 0 Å². The quantitative estimate of drug-likeness (QED) is 0.391. The standard InChI is InChI=1S/C16H17N3O7S2/c1-28(23,24)26-13-6-15(14-9-27-10-17-14)18(7-13)16(20)25-8-11-2-4-12(5-3-11)19(21)22/h2-5,9-10,13,15H,6-8H2,1H3/t13-,15+/m1/s1. The van der Waals surface area contributed by atoms with Crippen molar-refractivity contribution in [2.75, 3.05) is 12.8 Å². The molecular weight excluding hydrogens is 410 g/mol. The van der Waals surface area contributed by atoms with Crippen molar-refractivity contribution in [3.8, 4) is 0 Å². The monoisotopic (exact) mass is 427 g/mol. The van der Waals surface area contributed by atoms with E-state index in [2.05, 4.69) is 4.98 Å². The highest BCUT2D eigenvalue weighted by molar-refractivity contribution is 7.86. The van der Waals surface area contributed by atoms with Crippen molar-refractivity contribution in [3.05, 3.63) is 56.5 Å². The minimum atomic E-state index is -3.67. The van der Waals surface area contributed by atoms with Crippen molar-refractivity contribution in [1.29, 1.82) is 0 Å². The number of hydrogen-bond acceptors (Lipinski definition) is 9. The van der Waals surface area contributed by atoms with Gasteiger partial charge in [0.1, 0.15) is 6.61 Å². The van der Waals surface area contributed by atoms with Gasteiger partial charge < -0.3 is 4.74 Å². The Morgan fingerprint density at radius 2 is 2.11 bits per heavy atom. The van der Waals surface area contributed by atoms with Crippen LogP contribution >= 0.6 is 11.3 Å². The minimum Gasteiger partial charge on any atom is -0.445 e. The smallest absolute Gasteiger partial charge is 0.410 e. The summed E-state index contributed by atoms with van der Waals surface area (Å²) in [5.74, 6) is 0. The Morgan fingerprint density at radius 3 is 2.68 bits per heavy atom. The first-order valence-electron chi connectivity index (χ1n) is 8.16. The number of amides is 1. The molecule has 2 atom stereocenters. The van der Waals surface area contributed by atoms with Gasteiger partial charge in [-0.3, -0.25) is 19.2 Å². The number of nitro benzene ring substituents is 1. The number of aromatic nitrogens is 1. The summed E-state index contributed by atoms with van der Waals surface area (Å²) in [6.45, 7) is -0.0247. The van der Waals surface area contributed by atoms with Crippen LogP contribution in [0.2, 0.25) is 0 Å². The lowest BCUT2D eigenvalue weighted by Crippen LogP contribution is -2.33. The molecule has 1 aliphatic rings. The summed E-state index contributed by atoms with van der Waals surface area (Å²) in [5.41, 5.74) is 2.80. The Kier molecular flexibility index (Phi) is 5.91. The van der Waals surface area contributed by atoms with Crippen LogP contribution in [-0.4, -0.2) is 48.2 Å². The predicted molar refractivity (Wildman–Crippen MR) is 99.2 cm³/mol. The third-order valence-corrected chi connectivity index (χ3v) is 5.34. The first kappa shape index (κ1) is 20.2. The Morgan fingerprint density at radius 1 is 1.39 bits per heavy atom. The van der Waals surface area contributed by atoms with E-state index >= 15 is 0 Å². The maximum Gasteiger partial charge on any atom is 0.410 e. The molecule has 0 unspecified atom stereocenters. The van der Waals surface area contributed by atoms with E-state index in [-0.39, 0.29) is 25.3 Å². The Balaban J connectivity index is 1.68. The Bertz CT molecular complexity index is 945. The van der Waals surface area contributed by atoms with Crippen LogP contribution in [0.25, 0.3) is 0 Å². The van der Waals surface area contributed by atoms with Gasteiger partial charge in [0, 0.05) is 23.9 Å². The second kappa shape index (κ2) is 8.20. The van der Waals surface area contributed by atoms with Crippen LogP contribution in [0.5, 0.6) is 0 Å². The van der Waals surface area contributed by atoms with Crippen molar-refractivity contribution in [1.82, 2.24) is 9.88 Å². The average Bonchev–Trinajstić information content (AvgIpc) is 3.28. The van der Waals surface area contributed by atoms with Gasteiger partial charge in [-0.15, -0.1) is 11.3 Å². The normalized spacial score (nSPS) is 19.5. The number of nitro groups is 1. The molecule has 1 aromatic carbocycles. The van der Waals surface area contributed by atoms with E-state index in [4.69, 9.17) is 8.92 Å². The zero-order chi connectivity index (χ0) is 20.3. The number of carbonyl (C=O) groups excluding carboxylic acids is 1. The molecule has 1 amide bonds. The molecule has 3 rings (SSSR count). The Hall–Kier alpha value is -2.57. The second-order valence-electron chi connectivity index (χ2n) is 6.22. The van der Waals surface area contributed by atoms with E-state index in [1.165, 1.54) is 40.5 Å². The largest absolute Gasteiger partial charge is 0.445 e. The first-order valence-corrected chi connectivity index (χ1v) is 10.9. The summed E-state index contributed by atoms with van der Waals surface area (Å²) in [7, 11) is -3.67. The van der Waals surface area contributed by atoms with E-state index < -0.39 is 33.3 Å². The molecule has 2 aromatic rings. The van der Waals surface area contributed by atoms with Gasteiger partial charge in [0.15, 0.2) is 0 Å². The van der Waals surface area contributed by atoms with Gasteiger partial charge in [0.25, 0.3) is 15.8 Å². The lowest BCUT2D eigenvalue weighted by atomic mass is 10.1. The molecule has 0 spiro atoms. The molecule has 0 N–H and O–H groups in total. The van der Waals surface area contributed by atoms with Crippen LogP contribution in [0.4, 0.5) is 10.5 Å². The van der Waals surface area contributed by atoms with Crippen LogP contribution in [0.1, 0.15) is 23.7 Å². The van der Waals surface area contributed by atoms with Gasteiger partial charge >= 0.3 is 6.09 Å². The molecule has 2 heterocycles.